The summed E-state index contributed by atoms with van der Waals surface area (Å²) in [5, 5.41) is 15.2. The summed E-state index contributed by atoms with van der Waals surface area (Å²) in [5.41, 5.74) is 3.37. The molecule has 0 saturated heterocycles. The van der Waals surface area contributed by atoms with E-state index in [1.165, 1.54) is 5.56 Å². The summed E-state index contributed by atoms with van der Waals surface area (Å²) in [6.45, 7) is 8.27. The molecule has 2 N–H and O–H groups in total. The number of aryl methyl sites for hydroxylation is 1. The minimum absolute atomic E-state index is 0.192. The van der Waals surface area contributed by atoms with Crippen LogP contribution in [-0.2, 0) is 33.1 Å². The van der Waals surface area contributed by atoms with E-state index in [-0.39, 0.29) is 6.10 Å². The molecule has 2 heterocycles. The summed E-state index contributed by atoms with van der Waals surface area (Å²) in [6, 6.07) is 14.4. The second kappa shape index (κ2) is 10.4. The summed E-state index contributed by atoms with van der Waals surface area (Å²) in [6.07, 6.45) is 1.10. The van der Waals surface area contributed by atoms with Gasteiger partial charge in [-0.05, 0) is 38.5 Å². The van der Waals surface area contributed by atoms with Gasteiger partial charge in [0.25, 0.3) is 0 Å². The largest absolute Gasteiger partial charge is 0.494 e. The number of nitrogens with one attached hydrogen (secondary N) is 2. The highest BCUT2D eigenvalue weighted by Gasteiger charge is 2.22. The molecule has 1 aliphatic heterocycles. The molecule has 0 radical (unpaired) electrons. The first-order valence-corrected chi connectivity index (χ1v) is 11.4. The Morgan fingerprint density at radius 2 is 1.97 bits per heavy atom. The molecule has 0 amide bonds. The van der Waals surface area contributed by atoms with Gasteiger partial charge in [-0.25, -0.2) is 4.99 Å². The number of rotatable bonds is 8. The molecule has 174 valence electrons. The molecule has 0 spiro atoms. The van der Waals surface area contributed by atoms with Crippen molar-refractivity contribution in [3.05, 3.63) is 70.8 Å². The van der Waals surface area contributed by atoms with Gasteiger partial charge in [0, 0.05) is 31.1 Å². The fourth-order valence-corrected chi connectivity index (χ4v) is 3.78. The maximum Gasteiger partial charge on any atom is 0.192 e. The summed E-state index contributed by atoms with van der Waals surface area (Å²) >= 11 is 0. The van der Waals surface area contributed by atoms with Crippen molar-refractivity contribution >= 4 is 5.96 Å². The normalized spacial score (nSPS) is 15.2. The lowest BCUT2D eigenvalue weighted by atomic mass is 10.1. The van der Waals surface area contributed by atoms with Crippen LogP contribution >= 0.6 is 0 Å². The van der Waals surface area contributed by atoms with Gasteiger partial charge in [-0.1, -0.05) is 30.3 Å². The molecule has 3 aromatic rings. The second-order valence-corrected chi connectivity index (χ2v) is 8.21. The molecular formula is C25H32N6O2. The average Bonchev–Trinajstić information content (AvgIpc) is 3.34. The van der Waals surface area contributed by atoms with Crippen LogP contribution in [0.1, 0.15) is 42.2 Å². The highest BCUT2D eigenvalue weighted by Crippen LogP contribution is 2.35. The quantitative estimate of drug-likeness (QED) is 0.406. The Kier molecular flexibility index (Phi) is 7.12. The first-order chi connectivity index (χ1) is 16.0. The van der Waals surface area contributed by atoms with Gasteiger partial charge in [0.05, 0.1) is 19.7 Å². The molecule has 8 heteroatoms. The maximum absolute atomic E-state index is 5.97. The van der Waals surface area contributed by atoms with Crippen molar-refractivity contribution < 1.29 is 9.47 Å². The predicted molar refractivity (Wildman–Crippen MR) is 128 cm³/mol. The standard InChI is InChI=1S/C25H32N6O2/c1-5-32-22-12-20-11-17(2)33-23(20)13-21(22)15-27-25(26-14-19-9-7-6-8-10-19)28-16-24-30-29-18(3)31(24)4/h6-10,12-13,17H,5,11,14-16H2,1-4H3,(H2,26,27,28). The lowest BCUT2D eigenvalue weighted by Crippen LogP contribution is -2.37. The molecular weight excluding hydrogens is 416 g/mol. The maximum atomic E-state index is 5.97. The molecule has 0 aliphatic carbocycles. The zero-order valence-electron chi connectivity index (χ0n) is 19.8. The van der Waals surface area contributed by atoms with E-state index >= 15 is 0 Å². The Bertz CT molecular complexity index is 1110. The van der Waals surface area contributed by atoms with E-state index in [1.54, 1.807) is 0 Å². The van der Waals surface area contributed by atoms with Crippen LogP contribution < -0.4 is 20.1 Å². The van der Waals surface area contributed by atoms with E-state index in [0.717, 1.165) is 40.7 Å². The van der Waals surface area contributed by atoms with Gasteiger partial charge in [-0.15, -0.1) is 10.2 Å². The number of nitrogens with zero attached hydrogens (tertiary/aromatic N) is 4. The van der Waals surface area contributed by atoms with Crippen LogP contribution in [-0.4, -0.2) is 33.4 Å². The molecule has 2 aromatic carbocycles. The fraction of sp³-hybridized carbons (Fsp3) is 0.400. The van der Waals surface area contributed by atoms with Crippen molar-refractivity contribution in [2.45, 2.75) is 52.9 Å². The first-order valence-electron chi connectivity index (χ1n) is 11.4. The molecule has 1 aromatic heterocycles. The topological polar surface area (TPSA) is 85.6 Å². The van der Waals surface area contributed by atoms with Crippen molar-refractivity contribution in [3.8, 4) is 11.5 Å². The van der Waals surface area contributed by atoms with E-state index in [0.29, 0.717) is 32.2 Å². The molecule has 0 fully saturated rings. The van der Waals surface area contributed by atoms with Crippen molar-refractivity contribution in [2.75, 3.05) is 6.61 Å². The Balaban J connectivity index is 1.51. The lowest BCUT2D eigenvalue weighted by molar-refractivity contribution is 0.254. The summed E-state index contributed by atoms with van der Waals surface area (Å²) in [4.78, 5) is 4.79. The SMILES string of the molecule is CCOc1cc2c(cc1CNC(=NCc1ccccc1)NCc1nnc(C)n1C)OC(C)C2. The summed E-state index contributed by atoms with van der Waals surface area (Å²) < 4.78 is 13.9. The van der Waals surface area contributed by atoms with Crippen LogP contribution in [0.2, 0.25) is 0 Å². The first kappa shape index (κ1) is 22.6. The number of fused-ring (bicyclic) bond motifs is 1. The Morgan fingerprint density at radius 3 is 2.70 bits per heavy atom. The van der Waals surface area contributed by atoms with E-state index in [9.17, 15) is 0 Å². The third kappa shape index (κ3) is 5.63. The van der Waals surface area contributed by atoms with Crippen molar-refractivity contribution in [2.24, 2.45) is 12.0 Å². The highest BCUT2D eigenvalue weighted by atomic mass is 16.5. The zero-order chi connectivity index (χ0) is 23.2. The zero-order valence-corrected chi connectivity index (χ0v) is 19.8. The van der Waals surface area contributed by atoms with Gasteiger partial charge in [0.2, 0.25) is 0 Å². The van der Waals surface area contributed by atoms with E-state index in [2.05, 4.69) is 52.0 Å². The van der Waals surface area contributed by atoms with Gasteiger partial charge in [0.15, 0.2) is 11.8 Å². The lowest BCUT2D eigenvalue weighted by Gasteiger charge is -2.16. The van der Waals surface area contributed by atoms with E-state index < -0.39 is 0 Å². The molecule has 1 unspecified atom stereocenters. The van der Waals surface area contributed by atoms with Crippen molar-refractivity contribution in [1.29, 1.82) is 0 Å². The molecule has 1 aliphatic rings. The monoisotopic (exact) mass is 448 g/mol. The fourth-order valence-electron chi connectivity index (χ4n) is 3.78. The van der Waals surface area contributed by atoms with Gasteiger partial charge in [0.1, 0.15) is 23.4 Å². The third-order valence-corrected chi connectivity index (χ3v) is 5.68. The van der Waals surface area contributed by atoms with Crippen LogP contribution in [0.5, 0.6) is 11.5 Å². The number of hydrogen-bond donors (Lipinski definition) is 2. The highest BCUT2D eigenvalue weighted by molar-refractivity contribution is 5.79. The van der Waals surface area contributed by atoms with Gasteiger partial charge < -0.3 is 24.7 Å². The number of ether oxygens (including phenoxy) is 2. The molecule has 0 saturated carbocycles. The Hall–Kier alpha value is -3.55. The van der Waals surface area contributed by atoms with Crippen LogP contribution in [0.4, 0.5) is 0 Å². The summed E-state index contributed by atoms with van der Waals surface area (Å²) in [7, 11) is 1.96. The smallest absolute Gasteiger partial charge is 0.192 e. The van der Waals surface area contributed by atoms with Crippen LogP contribution in [0, 0.1) is 6.92 Å². The molecule has 4 rings (SSSR count). The van der Waals surface area contributed by atoms with Crippen molar-refractivity contribution in [1.82, 2.24) is 25.4 Å². The van der Waals surface area contributed by atoms with E-state index in [4.69, 9.17) is 14.5 Å². The van der Waals surface area contributed by atoms with E-state index in [1.807, 2.05) is 43.7 Å². The second-order valence-electron chi connectivity index (χ2n) is 8.21. The van der Waals surface area contributed by atoms with Crippen LogP contribution in [0.15, 0.2) is 47.5 Å². The van der Waals surface area contributed by atoms with Crippen LogP contribution in [0.3, 0.4) is 0 Å². The minimum atomic E-state index is 0.192. The van der Waals surface area contributed by atoms with Crippen molar-refractivity contribution in [3.63, 3.8) is 0 Å². The van der Waals surface area contributed by atoms with Gasteiger partial charge >= 0.3 is 0 Å². The molecule has 8 nitrogen and oxygen atoms in total. The number of benzene rings is 2. The number of hydrogen-bond acceptors (Lipinski definition) is 5. The van der Waals surface area contributed by atoms with Gasteiger partial charge in [-0.2, -0.15) is 0 Å². The van der Waals surface area contributed by atoms with Crippen LogP contribution in [0.25, 0.3) is 0 Å². The Labute approximate surface area is 195 Å². The predicted octanol–water partition coefficient (Wildman–Crippen LogP) is 3.28. The molecule has 33 heavy (non-hydrogen) atoms. The number of guanidine groups is 1. The van der Waals surface area contributed by atoms with Gasteiger partial charge in [-0.3, -0.25) is 0 Å². The summed E-state index contributed by atoms with van der Waals surface area (Å²) in [5.74, 6) is 4.23. The Morgan fingerprint density at radius 1 is 1.18 bits per heavy atom. The molecule has 0 bridgehead atoms. The third-order valence-electron chi connectivity index (χ3n) is 5.68. The number of aromatic nitrogens is 3. The molecule has 1 atom stereocenters. The number of aliphatic imine (C=N–C) groups is 1. The minimum Gasteiger partial charge on any atom is -0.494 e. The average molecular weight is 449 g/mol.